The largest absolute Gasteiger partial charge is 0.353 e. The van der Waals surface area contributed by atoms with Crippen LogP contribution in [0.1, 0.15) is 46.0 Å². The van der Waals surface area contributed by atoms with Gasteiger partial charge in [0.25, 0.3) is 0 Å². The Kier molecular flexibility index (Phi) is 3.85. The fourth-order valence-corrected chi connectivity index (χ4v) is 3.27. The van der Waals surface area contributed by atoms with Gasteiger partial charge in [0.05, 0.1) is 6.04 Å². The number of fused-ring (bicyclic) bond motifs is 1. The fourth-order valence-electron chi connectivity index (χ4n) is 3.27. The lowest BCUT2D eigenvalue weighted by Crippen LogP contribution is -2.56. The highest BCUT2D eigenvalue weighted by Gasteiger charge is 2.38. The molecule has 0 spiro atoms. The highest BCUT2D eigenvalue weighted by Crippen LogP contribution is 2.36. The van der Waals surface area contributed by atoms with Crippen molar-refractivity contribution < 1.29 is 4.79 Å². The zero-order valence-corrected chi connectivity index (χ0v) is 10.5. The van der Waals surface area contributed by atoms with Gasteiger partial charge in [0.2, 0.25) is 5.91 Å². The molecule has 3 nitrogen and oxygen atoms in total. The Hall–Kier alpha value is -0.570. The number of carbonyl (C=O) groups is 1. The topological polar surface area (TPSA) is 41.1 Å². The molecule has 0 bridgehead atoms. The Bertz CT molecular complexity index is 250. The molecule has 0 radical (unpaired) electrons. The van der Waals surface area contributed by atoms with E-state index in [0.29, 0.717) is 5.92 Å². The lowest BCUT2D eigenvalue weighted by molar-refractivity contribution is -0.126. The van der Waals surface area contributed by atoms with Gasteiger partial charge in [-0.1, -0.05) is 19.3 Å². The van der Waals surface area contributed by atoms with Crippen molar-refractivity contribution in [3.05, 3.63) is 0 Å². The number of amides is 1. The van der Waals surface area contributed by atoms with Gasteiger partial charge in [0.1, 0.15) is 0 Å². The average molecular weight is 224 g/mol. The van der Waals surface area contributed by atoms with Crippen LogP contribution in [-0.2, 0) is 4.79 Å². The minimum atomic E-state index is 0.0708. The molecule has 3 heteroatoms. The third-order valence-corrected chi connectivity index (χ3v) is 3.99. The van der Waals surface area contributed by atoms with Crippen molar-refractivity contribution in [2.24, 2.45) is 11.8 Å². The molecule has 1 saturated heterocycles. The first-order chi connectivity index (χ1) is 7.68. The van der Waals surface area contributed by atoms with Crippen LogP contribution in [0, 0.1) is 11.8 Å². The SMILES string of the molecule is CC(C)NC(=O)C1NCCC2CCCCC21. The molecule has 0 aromatic carbocycles. The van der Waals surface area contributed by atoms with E-state index >= 15 is 0 Å². The number of hydrogen-bond donors (Lipinski definition) is 2. The summed E-state index contributed by atoms with van der Waals surface area (Å²) in [4.78, 5) is 12.1. The third-order valence-electron chi connectivity index (χ3n) is 3.99. The van der Waals surface area contributed by atoms with Crippen LogP contribution in [0.3, 0.4) is 0 Å². The van der Waals surface area contributed by atoms with E-state index < -0.39 is 0 Å². The average Bonchev–Trinajstić information content (AvgIpc) is 2.27. The summed E-state index contributed by atoms with van der Waals surface area (Å²) in [6.45, 7) is 5.06. The summed E-state index contributed by atoms with van der Waals surface area (Å²) in [6, 6.07) is 0.319. The van der Waals surface area contributed by atoms with Crippen LogP contribution >= 0.6 is 0 Å². The summed E-state index contributed by atoms with van der Waals surface area (Å²) in [6.07, 6.45) is 6.48. The maximum atomic E-state index is 12.1. The molecular formula is C13H24N2O. The minimum Gasteiger partial charge on any atom is -0.353 e. The van der Waals surface area contributed by atoms with Gasteiger partial charge in [-0.3, -0.25) is 4.79 Å². The lowest BCUT2D eigenvalue weighted by Gasteiger charge is -2.41. The van der Waals surface area contributed by atoms with Crippen molar-refractivity contribution in [3.8, 4) is 0 Å². The summed E-state index contributed by atoms with van der Waals surface area (Å²) in [7, 11) is 0. The van der Waals surface area contributed by atoms with Crippen LogP contribution in [0.15, 0.2) is 0 Å². The molecule has 2 N–H and O–H groups in total. The summed E-state index contributed by atoms with van der Waals surface area (Å²) in [5.74, 6) is 1.59. The quantitative estimate of drug-likeness (QED) is 0.749. The molecule has 0 aromatic rings. The fraction of sp³-hybridized carbons (Fsp3) is 0.923. The second-order valence-electron chi connectivity index (χ2n) is 5.59. The summed E-state index contributed by atoms with van der Waals surface area (Å²) < 4.78 is 0. The predicted molar refractivity (Wildman–Crippen MR) is 65.1 cm³/mol. The van der Waals surface area contributed by atoms with E-state index in [2.05, 4.69) is 10.6 Å². The molecule has 1 aliphatic carbocycles. The van der Waals surface area contributed by atoms with Gasteiger partial charge in [-0.25, -0.2) is 0 Å². The standard InChI is InChI=1S/C13H24N2O/c1-9(2)15-13(16)12-11-6-4-3-5-10(11)7-8-14-12/h9-12,14H,3-8H2,1-2H3,(H,15,16). The summed E-state index contributed by atoms with van der Waals surface area (Å²) in [5.41, 5.74) is 0. The predicted octanol–water partition coefficient (Wildman–Crippen LogP) is 1.68. The van der Waals surface area contributed by atoms with Crippen molar-refractivity contribution in [3.63, 3.8) is 0 Å². The number of rotatable bonds is 2. The molecule has 16 heavy (non-hydrogen) atoms. The van der Waals surface area contributed by atoms with E-state index in [1.165, 1.54) is 32.1 Å². The highest BCUT2D eigenvalue weighted by molar-refractivity contribution is 5.82. The van der Waals surface area contributed by atoms with E-state index in [-0.39, 0.29) is 18.0 Å². The zero-order valence-electron chi connectivity index (χ0n) is 10.5. The Morgan fingerprint density at radius 1 is 1.25 bits per heavy atom. The van der Waals surface area contributed by atoms with Gasteiger partial charge >= 0.3 is 0 Å². The van der Waals surface area contributed by atoms with Gasteiger partial charge in [-0.05, 0) is 45.1 Å². The monoisotopic (exact) mass is 224 g/mol. The molecule has 3 atom stereocenters. The number of piperidine rings is 1. The molecule has 3 unspecified atom stereocenters. The van der Waals surface area contributed by atoms with Gasteiger partial charge in [0.15, 0.2) is 0 Å². The molecule has 1 saturated carbocycles. The second-order valence-corrected chi connectivity index (χ2v) is 5.59. The molecule has 1 heterocycles. The first-order valence-electron chi connectivity index (χ1n) is 6.72. The van der Waals surface area contributed by atoms with Crippen LogP contribution < -0.4 is 10.6 Å². The van der Waals surface area contributed by atoms with Crippen LogP contribution in [0.5, 0.6) is 0 Å². The number of nitrogens with one attached hydrogen (secondary N) is 2. The third kappa shape index (κ3) is 2.57. The van der Waals surface area contributed by atoms with Crippen LogP contribution in [0.4, 0.5) is 0 Å². The molecule has 92 valence electrons. The van der Waals surface area contributed by atoms with Gasteiger partial charge in [-0.2, -0.15) is 0 Å². The maximum absolute atomic E-state index is 12.1. The molecule has 2 aliphatic rings. The van der Waals surface area contributed by atoms with E-state index in [4.69, 9.17) is 0 Å². The molecule has 2 fully saturated rings. The Morgan fingerprint density at radius 2 is 2.00 bits per heavy atom. The molecule has 1 aliphatic heterocycles. The van der Waals surface area contributed by atoms with Gasteiger partial charge < -0.3 is 10.6 Å². The molecular weight excluding hydrogens is 200 g/mol. The molecule has 2 rings (SSSR count). The van der Waals surface area contributed by atoms with Crippen LogP contribution in [-0.4, -0.2) is 24.5 Å². The first kappa shape index (κ1) is 11.9. The molecule has 1 amide bonds. The van der Waals surface area contributed by atoms with E-state index in [0.717, 1.165) is 12.5 Å². The minimum absolute atomic E-state index is 0.0708. The summed E-state index contributed by atoms with van der Waals surface area (Å²) in [5, 5.41) is 6.46. The van der Waals surface area contributed by atoms with E-state index in [1.54, 1.807) is 0 Å². The first-order valence-corrected chi connectivity index (χ1v) is 6.72. The number of hydrogen-bond acceptors (Lipinski definition) is 2. The van der Waals surface area contributed by atoms with Crippen LogP contribution in [0.25, 0.3) is 0 Å². The van der Waals surface area contributed by atoms with Crippen molar-refractivity contribution in [1.29, 1.82) is 0 Å². The zero-order chi connectivity index (χ0) is 11.5. The lowest BCUT2D eigenvalue weighted by atomic mass is 9.71. The maximum Gasteiger partial charge on any atom is 0.237 e. The summed E-state index contributed by atoms with van der Waals surface area (Å²) >= 11 is 0. The van der Waals surface area contributed by atoms with Crippen molar-refractivity contribution >= 4 is 5.91 Å². The highest BCUT2D eigenvalue weighted by atomic mass is 16.2. The van der Waals surface area contributed by atoms with Crippen molar-refractivity contribution in [2.75, 3.05) is 6.54 Å². The van der Waals surface area contributed by atoms with Gasteiger partial charge in [0, 0.05) is 6.04 Å². The van der Waals surface area contributed by atoms with E-state index in [1.807, 2.05) is 13.8 Å². The normalized spacial score (nSPS) is 34.6. The van der Waals surface area contributed by atoms with E-state index in [9.17, 15) is 4.79 Å². The number of carbonyl (C=O) groups excluding carboxylic acids is 1. The van der Waals surface area contributed by atoms with Crippen molar-refractivity contribution in [2.45, 2.75) is 58.0 Å². The smallest absolute Gasteiger partial charge is 0.237 e. The van der Waals surface area contributed by atoms with Crippen LogP contribution in [0.2, 0.25) is 0 Å². The Labute approximate surface area is 98.4 Å². The Balaban J connectivity index is 1.99. The van der Waals surface area contributed by atoms with Gasteiger partial charge in [-0.15, -0.1) is 0 Å². The molecule has 0 aromatic heterocycles. The second kappa shape index (κ2) is 5.17. The van der Waals surface area contributed by atoms with Crippen molar-refractivity contribution in [1.82, 2.24) is 10.6 Å². The Morgan fingerprint density at radius 3 is 2.75 bits per heavy atom.